The monoisotopic (exact) mass is 355 g/mol. The van der Waals surface area contributed by atoms with Gasteiger partial charge in [0.25, 0.3) is 5.91 Å². The second-order valence-electron chi connectivity index (χ2n) is 6.55. The van der Waals surface area contributed by atoms with Gasteiger partial charge in [-0.25, -0.2) is 14.6 Å². The first-order chi connectivity index (χ1) is 12.1. The third-order valence-electron chi connectivity index (χ3n) is 4.48. The van der Waals surface area contributed by atoms with Crippen molar-refractivity contribution in [2.45, 2.75) is 52.6 Å². The lowest BCUT2D eigenvalue weighted by molar-refractivity contribution is 0.0952. The van der Waals surface area contributed by atoms with Crippen LogP contribution in [0.4, 0.5) is 0 Å². The van der Waals surface area contributed by atoms with E-state index in [4.69, 9.17) is 0 Å². The van der Waals surface area contributed by atoms with E-state index in [1.165, 1.54) is 17.8 Å². The van der Waals surface area contributed by atoms with Gasteiger partial charge in [-0.2, -0.15) is 5.10 Å². The predicted octanol–water partition coefficient (Wildman–Crippen LogP) is 3.33. The van der Waals surface area contributed by atoms with Crippen molar-refractivity contribution in [2.75, 3.05) is 0 Å². The molecule has 0 atom stereocenters. The minimum absolute atomic E-state index is 0.102. The van der Waals surface area contributed by atoms with Crippen LogP contribution in [0.25, 0.3) is 11.0 Å². The zero-order valence-corrected chi connectivity index (χ0v) is 15.5. The molecule has 1 saturated carbocycles. The van der Waals surface area contributed by atoms with Crippen LogP contribution in [0.1, 0.15) is 58.1 Å². The SMILES string of the molecule is CCn1nc(C)c2c(C(=O)NCc3csc(C4CC4)n3)cc(C)nc21. The molecule has 6 nitrogen and oxygen atoms in total. The molecule has 0 aromatic carbocycles. The van der Waals surface area contributed by atoms with Crippen LogP contribution in [0.2, 0.25) is 0 Å². The Hall–Kier alpha value is -2.28. The summed E-state index contributed by atoms with van der Waals surface area (Å²) in [5, 5.41) is 11.6. The molecule has 0 saturated heterocycles. The van der Waals surface area contributed by atoms with E-state index in [1.807, 2.05) is 36.9 Å². The molecule has 0 aliphatic heterocycles. The van der Waals surface area contributed by atoms with E-state index in [9.17, 15) is 4.79 Å². The average molecular weight is 355 g/mol. The molecule has 0 bridgehead atoms. The van der Waals surface area contributed by atoms with E-state index in [1.54, 1.807) is 11.3 Å². The van der Waals surface area contributed by atoms with Crippen LogP contribution in [0, 0.1) is 13.8 Å². The molecule has 25 heavy (non-hydrogen) atoms. The number of fused-ring (bicyclic) bond motifs is 1. The number of nitrogens with zero attached hydrogens (tertiary/aromatic N) is 4. The van der Waals surface area contributed by atoms with Gasteiger partial charge < -0.3 is 5.32 Å². The summed E-state index contributed by atoms with van der Waals surface area (Å²) in [6.45, 7) is 7.03. The van der Waals surface area contributed by atoms with Crippen LogP contribution in [0.3, 0.4) is 0 Å². The van der Waals surface area contributed by atoms with Gasteiger partial charge in [-0.05, 0) is 39.7 Å². The van der Waals surface area contributed by atoms with Crippen molar-refractivity contribution in [1.29, 1.82) is 0 Å². The van der Waals surface area contributed by atoms with Crippen LogP contribution in [-0.2, 0) is 13.1 Å². The van der Waals surface area contributed by atoms with Crippen LogP contribution >= 0.6 is 11.3 Å². The second kappa shape index (κ2) is 6.22. The maximum atomic E-state index is 12.8. The first kappa shape index (κ1) is 16.2. The van der Waals surface area contributed by atoms with Crippen LogP contribution in [0.15, 0.2) is 11.4 Å². The van der Waals surface area contributed by atoms with Gasteiger partial charge in [0.1, 0.15) is 0 Å². The highest BCUT2D eigenvalue weighted by Gasteiger charge is 2.26. The first-order valence-corrected chi connectivity index (χ1v) is 9.52. The quantitative estimate of drug-likeness (QED) is 0.762. The minimum atomic E-state index is -0.102. The topological polar surface area (TPSA) is 72.7 Å². The lowest BCUT2D eigenvalue weighted by atomic mass is 10.1. The Labute approximate surface area is 150 Å². The molecule has 4 rings (SSSR count). The fraction of sp³-hybridized carbons (Fsp3) is 0.444. The Morgan fingerprint density at radius 2 is 2.16 bits per heavy atom. The largest absolute Gasteiger partial charge is 0.346 e. The van der Waals surface area contributed by atoms with Gasteiger partial charge in [0.05, 0.1) is 33.9 Å². The molecule has 7 heteroatoms. The molecule has 0 radical (unpaired) electrons. The van der Waals surface area contributed by atoms with Gasteiger partial charge in [0.2, 0.25) is 0 Å². The van der Waals surface area contributed by atoms with Gasteiger partial charge in [-0.1, -0.05) is 0 Å². The highest BCUT2D eigenvalue weighted by Crippen LogP contribution is 2.41. The van der Waals surface area contributed by atoms with Crippen molar-refractivity contribution >= 4 is 28.3 Å². The molecule has 0 unspecified atom stereocenters. The molecule has 1 N–H and O–H groups in total. The summed E-state index contributed by atoms with van der Waals surface area (Å²) in [5.41, 5.74) is 3.99. The Bertz CT molecular complexity index is 954. The molecule has 1 amide bonds. The Kier molecular flexibility index (Phi) is 4.03. The molecular weight excluding hydrogens is 334 g/mol. The molecule has 3 aromatic heterocycles. The number of thiazole rings is 1. The van der Waals surface area contributed by atoms with Crippen molar-refractivity contribution in [3.05, 3.63) is 39.1 Å². The Morgan fingerprint density at radius 3 is 2.88 bits per heavy atom. The number of rotatable bonds is 5. The zero-order valence-electron chi connectivity index (χ0n) is 14.7. The van der Waals surface area contributed by atoms with Crippen LogP contribution in [-0.4, -0.2) is 25.7 Å². The summed E-state index contributed by atoms with van der Waals surface area (Å²) in [6.07, 6.45) is 2.49. The van der Waals surface area contributed by atoms with Gasteiger partial charge in [0.15, 0.2) is 5.65 Å². The molecule has 3 aromatic rings. The average Bonchev–Trinajstić information content (AvgIpc) is 3.25. The van der Waals surface area contributed by atoms with E-state index in [0.717, 1.165) is 34.7 Å². The lowest BCUT2D eigenvalue weighted by Gasteiger charge is -2.07. The Balaban J connectivity index is 1.59. The fourth-order valence-corrected chi connectivity index (χ4v) is 4.06. The van der Waals surface area contributed by atoms with Crippen molar-refractivity contribution in [2.24, 2.45) is 0 Å². The van der Waals surface area contributed by atoms with Crippen molar-refractivity contribution in [3.8, 4) is 0 Å². The summed E-state index contributed by atoms with van der Waals surface area (Å²) in [4.78, 5) is 22.0. The van der Waals surface area contributed by atoms with E-state index in [0.29, 0.717) is 18.0 Å². The standard InChI is InChI=1S/C18H21N5OS/c1-4-23-16-15(11(3)22-23)14(7-10(2)20-16)17(24)19-8-13-9-25-18(21-13)12-5-6-12/h7,9,12H,4-6,8H2,1-3H3,(H,19,24). The smallest absolute Gasteiger partial charge is 0.252 e. The van der Waals surface area contributed by atoms with E-state index in [2.05, 4.69) is 20.4 Å². The molecule has 1 aliphatic carbocycles. The number of aryl methyl sites for hydroxylation is 3. The maximum Gasteiger partial charge on any atom is 0.252 e. The number of aromatic nitrogens is 4. The molecular formula is C18H21N5OS. The number of carbonyl (C=O) groups is 1. The summed E-state index contributed by atoms with van der Waals surface area (Å²) in [6, 6.07) is 1.84. The summed E-state index contributed by atoms with van der Waals surface area (Å²) >= 11 is 1.70. The summed E-state index contributed by atoms with van der Waals surface area (Å²) in [7, 11) is 0. The summed E-state index contributed by atoms with van der Waals surface area (Å²) < 4.78 is 1.84. The fourth-order valence-electron chi connectivity index (χ4n) is 3.07. The third-order valence-corrected chi connectivity index (χ3v) is 5.53. The van der Waals surface area contributed by atoms with Gasteiger partial charge >= 0.3 is 0 Å². The van der Waals surface area contributed by atoms with Gasteiger partial charge in [-0.3, -0.25) is 4.79 Å². The zero-order chi connectivity index (χ0) is 17.6. The normalized spacial score (nSPS) is 14.2. The number of hydrogen-bond donors (Lipinski definition) is 1. The number of hydrogen-bond acceptors (Lipinski definition) is 5. The molecule has 3 heterocycles. The minimum Gasteiger partial charge on any atom is -0.346 e. The van der Waals surface area contributed by atoms with E-state index < -0.39 is 0 Å². The van der Waals surface area contributed by atoms with Crippen molar-refractivity contribution in [3.63, 3.8) is 0 Å². The highest BCUT2D eigenvalue weighted by atomic mass is 32.1. The second-order valence-corrected chi connectivity index (χ2v) is 7.43. The van der Waals surface area contributed by atoms with Gasteiger partial charge in [0, 0.05) is 23.5 Å². The van der Waals surface area contributed by atoms with E-state index in [-0.39, 0.29) is 5.91 Å². The van der Waals surface area contributed by atoms with Crippen molar-refractivity contribution < 1.29 is 4.79 Å². The molecule has 1 aliphatic rings. The Morgan fingerprint density at radius 1 is 1.36 bits per heavy atom. The van der Waals surface area contributed by atoms with Crippen molar-refractivity contribution in [1.82, 2.24) is 25.1 Å². The third kappa shape index (κ3) is 3.04. The molecule has 130 valence electrons. The number of nitrogens with one attached hydrogen (secondary N) is 1. The first-order valence-electron chi connectivity index (χ1n) is 8.64. The summed E-state index contributed by atoms with van der Waals surface area (Å²) in [5.74, 6) is 0.551. The lowest BCUT2D eigenvalue weighted by Crippen LogP contribution is -2.23. The maximum absolute atomic E-state index is 12.8. The molecule has 0 spiro atoms. The van der Waals surface area contributed by atoms with Crippen LogP contribution in [0.5, 0.6) is 0 Å². The number of amides is 1. The number of carbonyl (C=O) groups excluding carboxylic acids is 1. The van der Waals surface area contributed by atoms with Crippen LogP contribution < -0.4 is 5.32 Å². The number of pyridine rings is 1. The highest BCUT2D eigenvalue weighted by molar-refractivity contribution is 7.09. The van der Waals surface area contributed by atoms with E-state index >= 15 is 0 Å². The predicted molar refractivity (Wildman–Crippen MR) is 97.9 cm³/mol. The van der Waals surface area contributed by atoms with Gasteiger partial charge in [-0.15, -0.1) is 11.3 Å². The molecule has 1 fully saturated rings.